The van der Waals surface area contributed by atoms with Crippen molar-refractivity contribution in [1.29, 1.82) is 0 Å². The SMILES string of the molecule is CC(=O)Cc1ccc2ccccc2c1-c1c(NC(=O)C(C)O)ccc2ccccc12.CC(=O)Cc1ccc2ccccc2c1-c1c(NC(=O)C(Cc2ccccc2)NC(=O)OCc2ccccc2)ccc2ccccc12.COC(=O)C(OC(=O)c1ccc2ccccc2c1-c1c(C(=O)NCc2cccnc2)ccc2ccccc12)c1ccccc1. The minimum Gasteiger partial charge on any atom is -0.466 e. The summed E-state index contributed by atoms with van der Waals surface area (Å²) in [7, 11) is 1.25. The third-order valence-corrected chi connectivity index (χ3v) is 20.8. The maximum absolute atomic E-state index is 14.1. The lowest BCUT2D eigenvalue weighted by atomic mass is 9.86. The van der Waals surface area contributed by atoms with Crippen molar-refractivity contribution in [3.63, 3.8) is 0 Å². The van der Waals surface area contributed by atoms with E-state index in [1.165, 1.54) is 14.0 Å². The van der Waals surface area contributed by atoms with Crippen LogP contribution in [0.15, 0.2) is 334 Å². The van der Waals surface area contributed by atoms with Crippen molar-refractivity contribution in [3.05, 3.63) is 378 Å². The molecule has 0 aliphatic carbocycles. The third-order valence-electron chi connectivity index (χ3n) is 20.8. The van der Waals surface area contributed by atoms with Crippen LogP contribution >= 0.6 is 0 Å². The van der Waals surface area contributed by atoms with Crippen LogP contribution in [-0.2, 0) is 70.6 Å². The number of rotatable bonds is 23. The topological polar surface area (TPSA) is 245 Å². The molecule has 120 heavy (non-hydrogen) atoms. The van der Waals surface area contributed by atoms with Gasteiger partial charge in [-0.1, -0.05) is 291 Å². The number of hydrogen-bond donors (Lipinski definition) is 5. The number of ether oxygens (including phenoxy) is 3. The number of alkyl carbamates (subject to hydrolysis) is 1. The number of fused-ring (bicyclic) bond motifs is 6. The van der Waals surface area contributed by atoms with Crippen LogP contribution in [0, 0.1) is 0 Å². The molecule has 17 nitrogen and oxygen atoms in total. The van der Waals surface area contributed by atoms with E-state index in [9.17, 15) is 43.5 Å². The molecule has 15 aromatic carbocycles. The molecule has 5 N–H and O–H groups in total. The third kappa shape index (κ3) is 19.1. The van der Waals surface area contributed by atoms with Crippen molar-refractivity contribution in [3.8, 4) is 33.4 Å². The van der Waals surface area contributed by atoms with E-state index in [0.29, 0.717) is 40.0 Å². The highest BCUT2D eigenvalue weighted by atomic mass is 16.6. The molecule has 1 aromatic heterocycles. The molecule has 16 rings (SSSR count). The Morgan fingerprint density at radius 2 is 0.792 bits per heavy atom. The molecule has 0 aliphatic heterocycles. The van der Waals surface area contributed by atoms with Crippen molar-refractivity contribution >= 4 is 123 Å². The predicted molar refractivity (Wildman–Crippen MR) is 474 cm³/mol. The summed E-state index contributed by atoms with van der Waals surface area (Å²) < 4.78 is 16.4. The largest absolute Gasteiger partial charge is 0.466 e. The standard InChI is InChI=1S/C40H34N2O4.C37H28N2O5.C26H23NO3/c1-27(43)24-32-21-20-30-16-8-10-18-33(30)37(32)38-34-19-11-9-17-31(34)22-23-35(38)41-39(44)36(25-28-12-4-2-5-13-28)42-40(45)46-26-29-14-6-3-7-15-29;1-43-37(42)34(27-13-3-2-4-14-27)44-36(41)31-20-18-26-12-6-8-16-29(26)33(31)32-28-15-7-5-11-25(28)17-19-30(32)35(40)39-23-24-10-9-21-38-22-24;1-16(28)15-20-12-11-18-7-3-5-9-21(18)24(20)25-22-10-6-4-8-19(22)13-14-23(25)27-26(30)17(2)29/h2-23,36H,24-26H2,1H3,(H,41,44)(H,42,45);2-22,34H,23H2,1H3,(H,39,40);3-14,17,29H,15H2,1-2H3,(H,27,30). The van der Waals surface area contributed by atoms with E-state index in [-0.39, 0.29) is 54.9 Å². The lowest BCUT2D eigenvalue weighted by molar-refractivity contribution is -0.151. The first-order chi connectivity index (χ1) is 58.5. The van der Waals surface area contributed by atoms with Gasteiger partial charge in [0.15, 0.2) is 0 Å². The summed E-state index contributed by atoms with van der Waals surface area (Å²) in [5.41, 5.74) is 11.3. The predicted octanol–water partition coefficient (Wildman–Crippen LogP) is 20.4. The summed E-state index contributed by atoms with van der Waals surface area (Å²) in [6.07, 6.45) is 1.10. The van der Waals surface area contributed by atoms with Crippen LogP contribution in [0.25, 0.3) is 98.0 Å². The summed E-state index contributed by atoms with van der Waals surface area (Å²) >= 11 is 0. The number of esters is 2. The second kappa shape index (κ2) is 38.1. The van der Waals surface area contributed by atoms with E-state index in [2.05, 4.69) is 26.3 Å². The molecule has 594 valence electrons. The van der Waals surface area contributed by atoms with Crippen LogP contribution in [0.2, 0.25) is 0 Å². The van der Waals surface area contributed by atoms with Gasteiger partial charge < -0.3 is 40.6 Å². The number of amides is 4. The zero-order valence-corrected chi connectivity index (χ0v) is 66.4. The number of anilines is 2. The molecule has 4 amide bonds. The van der Waals surface area contributed by atoms with Crippen LogP contribution in [0.4, 0.5) is 16.2 Å². The number of aliphatic hydroxyl groups is 1. The Bertz CT molecular complexity index is 6520. The molecule has 3 unspecified atom stereocenters. The first-order valence-corrected chi connectivity index (χ1v) is 39.4. The van der Waals surface area contributed by atoms with Gasteiger partial charge in [-0.3, -0.25) is 29.0 Å². The molecule has 0 fully saturated rings. The van der Waals surface area contributed by atoms with Crippen molar-refractivity contribution in [2.45, 2.75) is 71.4 Å². The van der Waals surface area contributed by atoms with Gasteiger partial charge in [-0.25, -0.2) is 14.4 Å². The number of carbonyl (C=O) groups is 8. The van der Waals surface area contributed by atoms with Gasteiger partial charge in [0.2, 0.25) is 12.0 Å². The lowest BCUT2D eigenvalue weighted by Crippen LogP contribution is -2.45. The molecule has 0 bridgehead atoms. The number of hydrogen-bond acceptors (Lipinski definition) is 13. The second-order valence-electron chi connectivity index (χ2n) is 29.1. The van der Waals surface area contributed by atoms with Crippen LogP contribution in [0.1, 0.15) is 81.0 Å². The van der Waals surface area contributed by atoms with Gasteiger partial charge in [0.1, 0.15) is 30.3 Å². The normalized spacial score (nSPS) is 11.7. The number of benzene rings is 15. The monoisotopic (exact) mass is 1580 g/mol. The molecular formula is C103H85N5O12. The number of aromatic nitrogens is 1. The zero-order valence-electron chi connectivity index (χ0n) is 66.4. The fourth-order valence-corrected chi connectivity index (χ4v) is 15.1. The summed E-state index contributed by atoms with van der Waals surface area (Å²) in [6, 6.07) is 101. The van der Waals surface area contributed by atoms with E-state index in [0.717, 1.165) is 115 Å². The molecular weight excluding hydrogens is 1500 g/mol. The first-order valence-electron chi connectivity index (χ1n) is 39.4. The molecule has 0 aliphatic rings. The number of pyridine rings is 1. The van der Waals surface area contributed by atoms with Gasteiger partial charge in [0.05, 0.1) is 12.7 Å². The fourth-order valence-electron chi connectivity index (χ4n) is 15.1. The highest BCUT2D eigenvalue weighted by Gasteiger charge is 2.32. The molecule has 0 saturated carbocycles. The summed E-state index contributed by atoms with van der Waals surface area (Å²) in [5, 5.41) is 32.9. The Kier molecular flexibility index (Phi) is 25.9. The second-order valence-corrected chi connectivity index (χ2v) is 29.1. The van der Waals surface area contributed by atoms with Gasteiger partial charge >= 0.3 is 18.0 Å². The van der Waals surface area contributed by atoms with E-state index < -0.39 is 42.2 Å². The van der Waals surface area contributed by atoms with Gasteiger partial charge in [-0.15, -0.1) is 0 Å². The zero-order chi connectivity index (χ0) is 83.6. The molecule has 0 saturated heterocycles. The number of carbonyl (C=O) groups excluding carboxylic acids is 8. The first kappa shape index (κ1) is 81.5. The highest BCUT2D eigenvalue weighted by Crippen LogP contribution is 2.45. The quantitative estimate of drug-likeness (QED) is 0.0296. The Morgan fingerprint density at radius 3 is 1.24 bits per heavy atom. The minimum absolute atomic E-state index is 0.0449. The minimum atomic E-state index is -1.28. The van der Waals surface area contributed by atoms with Crippen molar-refractivity contribution in [2.75, 3.05) is 17.7 Å². The van der Waals surface area contributed by atoms with Crippen LogP contribution in [0.5, 0.6) is 0 Å². The maximum Gasteiger partial charge on any atom is 0.408 e. The summed E-state index contributed by atoms with van der Waals surface area (Å²) in [6.45, 7) is 4.97. The molecule has 16 aromatic rings. The number of ketones is 2. The number of Topliss-reactive ketones (excluding diaryl/α,β-unsaturated/α-hetero) is 2. The summed E-state index contributed by atoms with van der Waals surface area (Å²) in [5.74, 6) is -2.47. The van der Waals surface area contributed by atoms with Crippen molar-refractivity contribution < 1.29 is 57.7 Å². The van der Waals surface area contributed by atoms with E-state index in [4.69, 9.17) is 14.2 Å². The maximum atomic E-state index is 14.1. The van der Waals surface area contributed by atoms with Gasteiger partial charge in [0.25, 0.3) is 11.8 Å². The molecule has 0 radical (unpaired) electrons. The number of methoxy groups -OCH3 is 1. The number of nitrogens with zero attached hydrogens (tertiary/aromatic N) is 1. The average Bonchev–Trinajstić information content (AvgIpc) is 0.759. The molecule has 3 atom stereocenters. The van der Waals surface area contributed by atoms with Crippen LogP contribution < -0.4 is 21.3 Å². The van der Waals surface area contributed by atoms with Gasteiger partial charge in [-0.05, 0) is 155 Å². The Balaban J connectivity index is 0.000000151. The Hall–Kier alpha value is -15.1. The van der Waals surface area contributed by atoms with Crippen LogP contribution in [-0.4, -0.2) is 76.7 Å². The van der Waals surface area contributed by atoms with E-state index in [1.54, 1.807) is 62.6 Å². The molecule has 0 spiro atoms. The number of nitrogens with one attached hydrogen (secondary N) is 4. The van der Waals surface area contributed by atoms with E-state index >= 15 is 0 Å². The number of aliphatic hydroxyl groups excluding tert-OH is 1. The lowest BCUT2D eigenvalue weighted by Gasteiger charge is -2.22. The highest BCUT2D eigenvalue weighted by molar-refractivity contribution is 6.20. The van der Waals surface area contributed by atoms with E-state index in [1.807, 2.05) is 285 Å². The average molecular weight is 1580 g/mol. The fraction of sp³-hybridized carbons (Fsp3) is 0.117. The van der Waals surface area contributed by atoms with Crippen LogP contribution in [0.3, 0.4) is 0 Å². The Morgan fingerprint density at radius 1 is 0.400 bits per heavy atom. The molecule has 1 heterocycles. The van der Waals surface area contributed by atoms with Crippen molar-refractivity contribution in [2.24, 2.45) is 0 Å². The van der Waals surface area contributed by atoms with Gasteiger partial charge in [-0.2, -0.15) is 0 Å². The van der Waals surface area contributed by atoms with Crippen molar-refractivity contribution in [1.82, 2.24) is 15.6 Å². The molecule has 17 heteroatoms. The van der Waals surface area contributed by atoms with Gasteiger partial charge in [0, 0.05) is 83.0 Å². The summed E-state index contributed by atoms with van der Waals surface area (Å²) in [4.78, 5) is 109. The Labute approximate surface area is 693 Å². The smallest absolute Gasteiger partial charge is 0.408 e.